The van der Waals surface area contributed by atoms with E-state index in [0.29, 0.717) is 16.0 Å². The minimum absolute atomic E-state index is 0.540. The van der Waals surface area contributed by atoms with E-state index in [2.05, 4.69) is 16.7 Å². The molecule has 2 aliphatic rings. The molecule has 1 aromatic carbocycles. The Bertz CT molecular complexity index is 789. The number of nitrogens with one attached hydrogen (secondary N) is 2. The molecule has 1 aliphatic carbocycles. The van der Waals surface area contributed by atoms with Crippen LogP contribution in [0.4, 0.5) is 11.5 Å². The van der Waals surface area contributed by atoms with Gasteiger partial charge >= 0.3 is 0 Å². The average molecular weight is 406 g/mol. The van der Waals surface area contributed by atoms with Gasteiger partial charge in [0.15, 0.2) is 0 Å². The first-order chi connectivity index (χ1) is 13.2. The van der Waals surface area contributed by atoms with Crippen molar-refractivity contribution in [3.05, 3.63) is 51.6 Å². The third-order valence-electron chi connectivity index (χ3n) is 5.26. The van der Waals surface area contributed by atoms with Crippen molar-refractivity contribution in [3.63, 3.8) is 0 Å². The van der Waals surface area contributed by atoms with E-state index >= 15 is 0 Å². The third kappa shape index (κ3) is 5.14. The maximum absolute atomic E-state index is 6.11. The van der Waals surface area contributed by atoms with E-state index in [1.807, 2.05) is 18.2 Å². The zero-order chi connectivity index (χ0) is 18.6. The number of nitrogens with zero attached hydrogens (tertiary/aromatic N) is 1. The Labute approximate surface area is 170 Å². The van der Waals surface area contributed by atoms with Gasteiger partial charge in [-0.25, -0.2) is 4.98 Å². The molecule has 0 radical (unpaired) electrons. The second kappa shape index (κ2) is 8.78. The first kappa shape index (κ1) is 19.0. The van der Waals surface area contributed by atoms with E-state index in [0.717, 1.165) is 56.6 Å². The Morgan fingerprint density at radius 3 is 2.56 bits per heavy atom. The lowest BCUT2D eigenvalue weighted by molar-refractivity contribution is 0.0662. The highest BCUT2D eigenvalue weighted by molar-refractivity contribution is 6.42. The number of ether oxygens (including phenoxy) is 1. The predicted molar refractivity (Wildman–Crippen MR) is 111 cm³/mol. The van der Waals surface area contributed by atoms with Crippen molar-refractivity contribution >= 4 is 34.7 Å². The van der Waals surface area contributed by atoms with Crippen molar-refractivity contribution < 1.29 is 4.74 Å². The number of pyridine rings is 1. The molecule has 2 fully saturated rings. The van der Waals surface area contributed by atoms with Gasteiger partial charge in [-0.1, -0.05) is 29.3 Å². The molecule has 2 aromatic rings. The van der Waals surface area contributed by atoms with E-state index < -0.39 is 0 Å². The monoisotopic (exact) mass is 405 g/mol. The summed E-state index contributed by atoms with van der Waals surface area (Å²) >= 11 is 12.1. The molecule has 4 nitrogen and oxygen atoms in total. The summed E-state index contributed by atoms with van der Waals surface area (Å²) in [5.74, 6) is 2.18. The lowest BCUT2D eigenvalue weighted by atomic mass is 10.0. The third-order valence-corrected chi connectivity index (χ3v) is 6.00. The number of rotatable bonds is 7. The summed E-state index contributed by atoms with van der Waals surface area (Å²) in [4.78, 5) is 4.90. The standard InChI is InChI=1S/C21H25Cl2N3O/c22-18-5-4-17(11-19(18)23)25-20-6-3-16(21(26-20)15-1-2-15)13-24-12-14-7-9-27-10-8-14/h3-6,11,14-15,24H,1-2,7-10,12-13H2,(H,25,26). The molecule has 1 saturated carbocycles. The Balaban J connectivity index is 1.41. The van der Waals surface area contributed by atoms with Crippen LogP contribution in [0.1, 0.15) is 42.9 Å². The molecule has 0 bridgehead atoms. The zero-order valence-corrected chi connectivity index (χ0v) is 16.8. The van der Waals surface area contributed by atoms with Crippen LogP contribution >= 0.6 is 23.2 Å². The van der Waals surface area contributed by atoms with Crippen LogP contribution in [0.15, 0.2) is 30.3 Å². The number of aromatic nitrogens is 1. The number of halogens is 2. The lowest BCUT2D eigenvalue weighted by Gasteiger charge is -2.22. The molecular weight excluding hydrogens is 381 g/mol. The van der Waals surface area contributed by atoms with Gasteiger partial charge in [-0.15, -0.1) is 0 Å². The van der Waals surface area contributed by atoms with E-state index in [-0.39, 0.29) is 0 Å². The molecule has 2 heterocycles. The molecule has 1 aromatic heterocycles. The molecule has 27 heavy (non-hydrogen) atoms. The molecule has 0 atom stereocenters. The normalized spacial score (nSPS) is 17.9. The first-order valence-corrected chi connectivity index (χ1v) is 10.4. The average Bonchev–Trinajstić information content (AvgIpc) is 3.52. The van der Waals surface area contributed by atoms with E-state index in [4.69, 9.17) is 32.9 Å². The summed E-state index contributed by atoms with van der Waals surface area (Å²) in [6.45, 7) is 3.73. The van der Waals surface area contributed by atoms with Crippen molar-refractivity contribution in [1.82, 2.24) is 10.3 Å². The molecule has 144 valence electrons. The highest BCUT2D eigenvalue weighted by Crippen LogP contribution is 2.41. The second-order valence-electron chi connectivity index (χ2n) is 7.46. The van der Waals surface area contributed by atoms with Crippen molar-refractivity contribution in [2.45, 2.75) is 38.1 Å². The van der Waals surface area contributed by atoms with Crippen molar-refractivity contribution in [3.8, 4) is 0 Å². The molecule has 0 spiro atoms. The highest BCUT2D eigenvalue weighted by atomic mass is 35.5. The first-order valence-electron chi connectivity index (χ1n) is 9.69. The number of benzene rings is 1. The van der Waals surface area contributed by atoms with Gasteiger partial charge in [0.05, 0.1) is 15.7 Å². The van der Waals surface area contributed by atoms with Gasteiger partial charge in [0.1, 0.15) is 5.82 Å². The zero-order valence-electron chi connectivity index (χ0n) is 15.3. The van der Waals surface area contributed by atoms with Gasteiger partial charge in [0, 0.05) is 31.4 Å². The molecule has 1 aliphatic heterocycles. The summed E-state index contributed by atoms with van der Waals surface area (Å²) in [7, 11) is 0. The van der Waals surface area contributed by atoms with Crippen LogP contribution in [-0.2, 0) is 11.3 Å². The largest absolute Gasteiger partial charge is 0.381 e. The molecule has 0 amide bonds. The summed E-state index contributed by atoms with van der Waals surface area (Å²) in [6, 6.07) is 9.77. The van der Waals surface area contributed by atoms with Crippen molar-refractivity contribution in [2.24, 2.45) is 5.92 Å². The van der Waals surface area contributed by atoms with Gasteiger partial charge in [-0.2, -0.15) is 0 Å². The van der Waals surface area contributed by atoms with Gasteiger partial charge in [0.25, 0.3) is 0 Å². The van der Waals surface area contributed by atoms with Crippen LogP contribution in [0.5, 0.6) is 0 Å². The minimum atomic E-state index is 0.540. The fourth-order valence-electron chi connectivity index (χ4n) is 3.52. The minimum Gasteiger partial charge on any atom is -0.381 e. The number of anilines is 2. The Morgan fingerprint density at radius 2 is 1.81 bits per heavy atom. The SMILES string of the molecule is Clc1ccc(Nc2ccc(CNCC3CCOCC3)c(C3CC3)n2)cc1Cl. The van der Waals surface area contributed by atoms with Gasteiger partial charge in [-0.3, -0.25) is 0 Å². The van der Waals surface area contributed by atoms with Gasteiger partial charge in [0.2, 0.25) is 0 Å². The fraction of sp³-hybridized carbons (Fsp3) is 0.476. The highest BCUT2D eigenvalue weighted by Gasteiger charge is 2.28. The molecule has 4 rings (SSSR count). The van der Waals surface area contributed by atoms with Crippen LogP contribution in [-0.4, -0.2) is 24.7 Å². The Kier molecular flexibility index (Phi) is 6.18. The van der Waals surface area contributed by atoms with Gasteiger partial charge < -0.3 is 15.4 Å². The predicted octanol–water partition coefficient (Wildman–Crippen LogP) is 5.53. The second-order valence-corrected chi connectivity index (χ2v) is 8.27. The quantitative estimate of drug-likeness (QED) is 0.635. The Hall–Kier alpha value is -1.33. The maximum Gasteiger partial charge on any atom is 0.130 e. The van der Waals surface area contributed by atoms with Crippen LogP contribution in [0.3, 0.4) is 0 Å². The van der Waals surface area contributed by atoms with Crippen LogP contribution in [0.2, 0.25) is 10.0 Å². The maximum atomic E-state index is 6.11. The van der Waals surface area contributed by atoms with Crippen LogP contribution < -0.4 is 10.6 Å². The Morgan fingerprint density at radius 1 is 1.00 bits per heavy atom. The number of hydrogen-bond acceptors (Lipinski definition) is 4. The molecule has 0 unspecified atom stereocenters. The van der Waals surface area contributed by atoms with Crippen LogP contribution in [0, 0.1) is 5.92 Å². The molecule has 2 N–H and O–H groups in total. The summed E-state index contributed by atoms with van der Waals surface area (Å²) in [5.41, 5.74) is 3.42. The summed E-state index contributed by atoms with van der Waals surface area (Å²) in [6.07, 6.45) is 4.78. The summed E-state index contributed by atoms with van der Waals surface area (Å²) < 4.78 is 5.44. The smallest absolute Gasteiger partial charge is 0.130 e. The van der Waals surface area contributed by atoms with Crippen LogP contribution in [0.25, 0.3) is 0 Å². The topological polar surface area (TPSA) is 46.2 Å². The number of hydrogen-bond donors (Lipinski definition) is 2. The molecule has 1 saturated heterocycles. The lowest BCUT2D eigenvalue weighted by Crippen LogP contribution is -2.27. The van der Waals surface area contributed by atoms with E-state index in [9.17, 15) is 0 Å². The van der Waals surface area contributed by atoms with E-state index in [1.54, 1.807) is 6.07 Å². The van der Waals surface area contributed by atoms with Crippen molar-refractivity contribution in [1.29, 1.82) is 0 Å². The van der Waals surface area contributed by atoms with Gasteiger partial charge in [-0.05, 0) is 68.0 Å². The fourth-order valence-corrected chi connectivity index (χ4v) is 3.81. The molecule has 6 heteroatoms. The van der Waals surface area contributed by atoms with Crippen molar-refractivity contribution in [2.75, 3.05) is 25.1 Å². The molecular formula is C21H25Cl2N3O. The summed E-state index contributed by atoms with van der Waals surface area (Å²) in [5, 5.41) is 8.07. The van der Waals surface area contributed by atoms with E-state index in [1.165, 1.54) is 24.1 Å².